The number of rotatable bonds is 5. The van der Waals surface area contributed by atoms with E-state index in [0.29, 0.717) is 31.4 Å². The molecular formula is C16H27N3O3. The molecule has 1 aliphatic heterocycles. The Morgan fingerprint density at radius 3 is 2.45 bits per heavy atom. The average Bonchev–Trinajstić information content (AvgIpc) is 2.46. The van der Waals surface area contributed by atoms with E-state index in [1.165, 1.54) is 6.08 Å². The molecule has 0 aromatic rings. The number of nitrogens with two attached hydrogens (primary N) is 1. The van der Waals surface area contributed by atoms with Crippen LogP contribution in [-0.2, 0) is 9.47 Å². The fourth-order valence-corrected chi connectivity index (χ4v) is 2.13. The molecule has 1 aliphatic rings. The van der Waals surface area contributed by atoms with Crippen molar-refractivity contribution in [1.29, 1.82) is 0 Å². The average molecular weight is 309 g/mol. The normalized spacial score (nSPS) is 17.5. The van der Waals surface area contributed by atoms with E-state index in [1.807, 2.05) is 20.8 Å². The molecule has 1 heterocycles. The van der Waals surface area contributed by atoms with Crippen LogP contribution in [0.15, 0.2) is 29.2 Å². The molecule has 0 aromatic heterocycles. The van der Waals surface area contributed by atoms with Crippen LogP contribution < -0.4 is 5.73 Å². The molecule has 0 atom stereocenters. The lowest BCUT2D eigenvalue weighted by molar-refractivity contribution is 0.0150. The first kappa shape index (κ1) is 18.1. The Bertz CT molecular complexity index is 444. The van der Waals surface area contributed by atoms with E-state index >= 15 is 0 Å². The van der Waals surface area contributed by atoms with Gasteiger partial charge in [0.15, 0.2) is 11.6 Å². The topological polar surface area (TPSA) is 77.1 Å². The number of carbonyl (C=O) groups is 1. The van der Waals surface area contributed by atoms with Gasteiger partial charge in [-0.1, -0.05) is 6.58 Å². The number of nitrogens with zero attached hydrogens (tertiary/aromatic N) is 2. The number of hydrogen-bond donors (Lipinski definition) is 1. The van der Waals surface area contributed by atoms with Gasteiger partial charge in [-0.3, -0.25) is 0 Å². The van der Waals surface area contributed by atoms with Crippen molar-refractivity contribution in [2.24, 2.45) is 16.6 Å². The van der Waals surface area contributed by atoms with Crippen molar-refractivity contribution in [3.63, 3.8) is 0 Å². The number of amides is 1. The highest BCUT2D eigenvalue weighted by Crippen LogP contribution is 2.21. The summed E-state index contributed by atoms with van der Waals surface area (Å²) < 4.78 is 11.0. The largest absolute Gasteiger partial charge is 0.489 e. The maximum atomic E-state index is 12.0. The molecule has 0 aromatic carbocycles. The van der Waals surface area contributed by atoms with Crippen molar-refractivity contribution < 1.29 is 14.3 Å². The zero-order chi connectivity index (χ0) is 16.8. The predicted molar refractivity (Wildman–Crippen MR) is 87.4 cm³/mol. The van der Waals surface area contributed by atoms with Crippen LogP contribution in [-0.4, -0.2) is 43.0 Å². The van der Waals surface area contributed by atoms with Gasteiger partial charge < -0.3 is 20.1 Å². The highest BCUT2D eigenvalue weighted by molar-refractivity contribution is 5.68. The molecule has 6 heteroatoms. The van der Waals surface area contributed by atoms with Gasteiger partial charge in [-0.15, -0.1) is 0 Å². The molecule has 0 aliphatic carbocycles. The molecule has 1 rings (SSSR count). The Balaban J connectivity index is 2.41. The summed E-state index contributed by atoms with van der Waals surface area (Å²) >= 11 is 0. The van der Waals surface area contributed by atoms with Crippen LogP contribution in [0.1, 0.15) is 33.6 Å². The van der Waals surface area contributed by atoms with E-state index < -0.39 is 5.60 Å². The van der Waals surface area contributed by atoms with Crippen LogP contribution in [0.4, 0.5) is 4.79 Å². The van der Waals surface area contributed by atoms with E-state index in [0.717, 1.165) is 12.8 Å². The van der Waals surface area contributed by atoms with Crippen molar-refractivity contribution in [3.05, 3.63) is 24.2 Å². The second-order valence-electron chi connectivity index (χ2n) is 6.33. The van der Waals surface area contributed by atoms with Gasteiger partial charge in [0.05, 0.1) is 6.61 Å². The van der Waals surface area contributed by atoms with Crippen LogP contribution in [0, 0.1) is 5.92 Å². The molecule has 0 saturated carbocycles. The molecule has 0 spiro atoms. The van der Waals surface area contributed by atoms with Gasteiger partial charge in [-0.25, -0.2) is 9.79 Å². The second kappa shape index (κ2) is 7.87. The monoisotopic (exact) mass is 309 g/mol. The SMILES string of the molecule is C=C/C(OCC1CCN(C(=O)OC(C)(C)C)CC1)=C(/N)N=C. The number of allylic oxidation sites excluding steroid dienone is 1. The van der Waals surface area contributed by atoms with Crippen LogP contribution in [0.2, 0.25) is 0 Å². The molecule has 1 fully saturated rings. The Morgan fingerprint density at radius 2 is 2.00 bits per heavy atom. The molecule has 124 valence electrons. The summed E-state index contributed by atoms with van der Waals surface area (Å²) in [5, 5.41) is 0. The molecular weight excluding hydrogens is 282 g/mol. The van der Waals surface area contributed by atoms with Gasteiger partial charge in [-0.05, 0) is 52.3 Å². The molecule has 0 radical (unpaired) electrons. The molecule has 6 nitrogen and oxygen atoms in total. The van der Waals surface area contributed by atoms with Crippen molar-refractivity contribution in [2.75, 3.05) is 19.7 Å². The number of ether oxygens (including phenoxy) is 2. The number of hydrogen-bond acceptors (Lipinski definition) is 5. The Kier molecular flexibility index (Phi) is 6.46. The third-order valence-electron chi connectivity index (χ3n) is 3.35. The zero-order valence-corrected chi connectivity index (χ0v) is 13.8. The third kappa shape index (κ3) is 5.79. The summed E-state index contributed by atoms with van der Waals surface area (Å²) in [4.78, 5) is 17.4. The van der Waals surface area contributed by atoms with Gasteiger partial charge in [-0.2, -0.15) is 0 Å². The quantitative estimate of drug-likeness (QED) is 0.481. The zero-order valence-electron chi connectivity index (χ0n) is 13.8. The lowest BCUT2D eigenvalue weighted by Crippen LogP contribution is -2.42. The van der Waals surface area contributed by atoms with Gasteiger partial charge in [0.25, 0.3) is 0 Å². The van der Waals surface area contributed by atoms with Crippen molar-refractivity contribution in [3.8, 4) is 0 Å². The predicted octanol–water partition coefficient (Wildman–Crippen LogP) is 2.66. The van der Waals surface area contributed by atoms with Gasteiger partial charge in [0, 0.05) is 13.1 Å². The number of likely N-dealkylation sites (tertiary alicyclic amines) is 1. The van der Waals surface area contributed by atoms with Crippen LogP contribution in [0.3, 0.4) is 0 Å². The van der Waals surface area contributed by atoms with E-state index in [4.69, 9.17) is 15.2 Å². The smallest absolute Gasteiger partial charge is 0.410 e. The van der Waals surface area contributed by atoms with E-state index in [-0.39, 0.29) is 11.9 Å². The van der Waals surface area contributed by atoms with Gasteiger partial charge in [0.1, 0.15) is 5.60 Å². The lowest BCUT2D eigenvalue weighted by Gasteiger charge is -2.33. The van der Waals surface area contributed by atoms with Crippen molar-refractivity contribution in [2.45, 2.75) is 39.2 Å². The molecule has 2 N–H and O–H groups in total. The number of piperidine rings is 1. The van der Waals surface area contributed by atoms with Gasteiger partial charge >= 0.3 is 6.09 Å². The Morgan fingerprint density at radius 1 is 1.41 bits per heavy atom. The first-order valence-corrected chi connectivity index (χ1v) is 7.46. The van der Waals surface area contributed by atoms with E-state index in [9.17, 15) is 4.79 Å². The maximum Gasteiger partial charge on any atom is 0.410 e. The maximum absolute atomic E-state index is 12.0. The first-order valence-electron chi connectivity index (χ1n) is 7.46. The van der Waals surface area contributed by atoms with E-state index in [1.54, 1.807) is 4.90 Å². The summed E-state index contributed by atoms with van der Waals surface area (Å²) in [5.41, 5.74) is 5.19. The minimum absolute atomic E-state index is 0.237. The highest BCUT2D eigenvalue weighted by atomic mass is 16.6. The van der Waals surface area contributed by atoms with Crippen LogP contribution in [0.25, 0.3) is 0 Å². The molecule has 0 unspecified atom stereocenters. The molecule has 22 heavy (non-hydrogen) atoms. The minimum atomic E-state index is -0.462. The summed E-state index contributed by atoms with van der Waals surface area (Å²) in [5.74, 6) is 1.05. The lowest BCUT2D eigenvalue weighted by atomic mass is 9.98. The van der Waals surface area contributed by atoms with Crippen molar-refractivity contribution >= 4 is 12.8 Å². The molecule has 1 saturated heterocycles. The van der Waals surface area contributed by atoms with Crippen LogP contribution >= 0.6 is 0 Å². The fraction of sp³-hybridized carbons (Fsp3) is 0.625. The van der Waals surface area contributed by atoms with Crippen LogP contribution in [0.5, 0.6) is 0 Å². The standard InChI is InChI=1S/C16H27N3O3/c1-6-13(14(17)18-5)21-11-12-7-9-19(10-8-12)15(20)22-16(2,3)4/h6,12H,1,5,7-11,17H2,2-4H3/b14-13+. The van der Waals surface area contributed by atoms with E-state index in [2.05, 4.69) is 18.3 Å². The summed E-state index contributed by atoms with van der Waals surface area (Å²) in [7, 11) is 0. The summed E-state index contributed by atoms with van der Waals surface area (Å²) in [6.07, 6.45) is 3.01. The molecule has 0 bridgehead atoms. The first-order chi connectivity index (χ1) is 10.3. The third-order valence-corrected chi connectivity index (χ3v) is 3.35. The van der Waals surface area contributed by atoms with Crippen molar-refractivity contribution in [1.82, 2.24) is 4.90 Å². The number of aliphatic imine (C=N–C) groups is 1. The minimum Gasteiger partial charge on any atom is -0.489 e. The summed E-state index contributed by atoms with van der Waals surface area (Å²) in [6, 6.07) is 0. The second-order valence-corrected chi connectivity index (χ2v) is 6.33. The fourth-order valence-electron chi connectivity index (χ4n) is 2.13. The van der Waals surface area contributed by atoms with Gasteiger partial charge in [0.2, 0.25) is 0 Å². The number of carbonyl (C=O) groups excluding carboxylic acids is 1. The Hall–Kier alpha value is -1.98. The highest BCUT2D eigenvalue weighted by Gasteiger charge is 2.27. The summed E-state index contributed by atoms with van der Waals surface area (Å²) in [6.45, 7) is 14.5. The Labute approximate surface area is 132 Å². The molecule has 1 amide bonds.